The Morgan fingerprint density at radius 2 is 1.84 bits per heavy atom. The van der Waals surface area contributed by atoms with Crippen LogP contribution in [0.5, 0.6) is 11.5 Å². The van der Waals surface area contributed by atoms with Crippen molar-refractivity contribution < 1.29 is 28.6 Å². The van der Waals surface area contributed by atoms with Crippen molar-refractivity contribution >= 4 is 34.3 Å². The first-order valence-electron chi connectivity index (χ1n) is 12.0. The SMILES string of the molecule is CCOC(=O)CCC(=O)N(CCC(=O)Nc1nnc(-c2ccc3c(c2)OCO3)s1)C(C)c1ccccc1. The van der Waals surface area contributed by atoms with Gasteiger partial charge < -0.3 is 24.4 Å². The Kier molecular flexibility index (Phi) is 8.68. The van der Waals surface area contributed by atoms with Gasteiger partial charge in [-0.15, -0.1) is 10.2 Å². The predicted molar refractivity (Wildman–Crippen MR) is 137 cm³/mol. The number of hydrogen-bond acceptors (Lipinski definition) is 9. The van der Waals surface area contributed by atoms with Crippen LogP contribution in [0.2, 0.25) is 0 Å². The van der Waals surface area contributed by atoms with Crippen molar-refractivity contribution in [3.63, 3.8) is 0 Å². The van der Waals surface area contributed by atoms with Crippen LogP contribution in [0, 0.1) is 0 Å². The van der Waals surface area contributed by atoms with E-state index < -0.39 is 5.97 Å². The molecule has 2 amide bonds. The lowest BCUT2D eigenvalue weighted by molar-refractivity contribution is -0.146. The highest BCUT2D eigenvalue weighted by Crippen LogP contribution is 2.37. The minimum atomic E-state index is -0.421. The van der Waals surface area contributed by atoms with Crippen LogP contribution >= 0.6 is 11.3 Å². The topological polar surface area (TPSA) is 120 Å². The fourth-order valence-corrected chi connectivity index (χ4v) is 4.61. The number of carbonyl (C=O) groups is 3. The van der Waals surface area contributed by atoms with E-state index in [2.05, 4.69) is 15.5 Å². The monoisotopic (exact) mass is 524 g/mol. The molecule has 1 N–H and O–H groups in total. The molecule has 1 unspecified atom stereocenters. The van der Waals surface area contributed by atoms with Gasteiger partial charge in [0.15, 0.2) is 11.5 Å². The third kappa shape index (κ3) is 6.82. The summed E-state index contributed by atoms with van der Waals surface area (Å²) in [7, 11) is 0. The van der Waals surface area contributed by atoms with Crippen molar-refractivity contribution in [2.45, 2.75) is 39.2 Å². The predicted octanol–water partition coefficient (Wildman–Crippen LogP) is 4.20. The number of amides is 2. The highest BCUT2D eigenvalue weighted by molar-refractivity contribution is 7.18. The van der Waals surface area contributed by atoms with Crippen molar-refractivity contribution in [2.75, 3.05) is 25.3 Å². The molecular weight excluding hydrogens is 496 g/mol. The molecule has 1 aliphatic heterocycles. The van der Waals surface area contributed by atoms with E-state index in [4.69, 9.17) is 14.2 Å². The maximum atomic E-state index is 13.0. The van der Waals surface area contributed by atoms with Gasteiger partial charge in [-0.25, -0.2) is 0 Å². The van der Waals surface area contributed by atoms with E-state index in [1.54, 1.807) is 17.9 Å². The number of esters is 1. The van der Waals surface area contributed by atoms with E-state index in [0.29, 0.717) is 21.6 Å². The molecule has 4 rings (SSSR count). The van der Waals surface area contributed by atoms with E-state index >= 15 is 0 Å². The molecule has 11 heteroatoms. The van der Waals surface area contributed by atoms with Gasteiger partial charge in [0.05, 0.1) is 19.1 Å². The quantitative estimate of drug-likeness (QED) is 0.371. The van der Waals surface area contributed by atoms with Gasteiger partial charge in [-0.1, -0.05) is 41.7 Å². The second kappa shape index (κ2) is 12.3. The molecule has 0 spiro atoms. The van der Waals surface area contributed by atoms with Crippen LogP contribution in [-0.4, -0.2) is 52.8 Å². The first-order valence-corrected chi connectivity index (χ1v) is 12.8. The smallest absolute Gasteiger partial charge is 0.306 e. The Balaban J connectivity index is 1.37. The molecule has 1 aliphatic rings. The zero-order chi connectivity index (χ0) is 26.2. The van der Waals surface area contributed by atoms with Crippen LogP contribution in [0.1, 0.15) is 44.7 Å². The van der Waals surface area contributed by atoms with Crippen LogP contribution in [0.3, 0.4) is 0 Å². The summed E-state index contributed by atoms with van der Waals surface area (Å²) in [6.07, 6.45) is 0.0540. The molecule has 37 heavy (non-hydrogen) atoms. The largest absolute Gasteiger partial charge is 0.466 e. The van der Waals surface area contributed by atoms with Gasteiger partial charge in [-0.2, -0.15) is 0 Å². The Bertz CT molecular complexity index is 1250. The Labute approximate surface area is 218 Å². The number of ether oxygens (including phenoxy) is 3. The molecule has 0 radical (unpaired) electrons. The second-order valence-corrected chi connectivity index (χ2v) is 9.23. The highest BCUT2D eigenvalue weighted by atomic mass is 32.1. The van der Waals surface area contributed by atoms with Crippen molar-refractivity contribution in [3.05, 3.63) is 54.1 Å². The fraction of sp³-hybridized carbons (Fsp3) is 0.346. The summed E-state index contributed by atoms with van der Waals surface area (Å²) in [5.74, 6) is 0.372. The molecule has 0 saturated heterocycles. The summed E-state index contributed by atoms with van der Waals surface area (Å²) < 4.78 is 15.7. The number of hydrogen-bond donors (Lipinski definition) is 1. The van der Waals surface area contributed by atoms with Crippen LogP contribution < -0.4 is 14.8 Å². The van der Waals surface area contributed by atoms with E-state index in [9.17, 15) is 14.4 Å². The average molecular weight is 525 g/mol. The number of nitrogens with one attached hydrogen (secondary N) is 1. The standard InChI is InChI=1S/C26H28N4O6S/c1-3-34-24(33)12-11-23(32)30(17(2)18-7-5-4-6-8-18)14-13-22(31)27-26-29-28-25(37-26)19-9-10-20-21(15-19)36-16-35-20/h4-10,15,17H,3,11-14,16H2,1-2H3,(H,27,29,31). The first-order chi connectivity index (χ1) is 17.9. The first kappa shape index (κ1) is 26.1. The summed E-state index contributed by atoms with van der Waals surface area (Å²) in [6, 6.07) is 14.7. The number of nitrogens with zero attached hydrogens (tertiary/aromatic N) is 3. The lowest BCUT2D eigenvalue weighted by Gasteiger charge is -2.29. The van der Waals surface area contributed by atoms with Crippen LogP contribution in [-0.2, 0) is 19.1 Å². The van der Waals surface area contributed by atoms with Gasteiger partial charge in [0.25, 0.3) is 0 Å². The molecule has 0 aliphatic carbocycles. The van der Waals surface area contributed by atoms with E-state index in [1.807, 2.05) is 49.4 Å². The molecule has 1 aromatic heterocycles. The summed E-state index contributed by atoms with van der Waals surface area (Å²) >= 11 is 1.24. The lowest BCUT2D eigenvalue weighted by Crippen LogP contribution is -2.36. The summed E-state index contributed by atoms with van der Waals surface area (Å²) in [6.45, 7) is 4.24. The minimum Gasteiger partial charge on any atom is -0.466 e. The van der Waals surface area contributed by atoms with Crippen molar-refractivity contribution in [2.24, 2.45) is 0 Å². The Morgan fingerprint density at radius 1 is 1.05 bits per heavy atom. The van der Waals surface area contributed by atoms with E-state index in [1.165, 1.54) is 11.3 Å². The molecular formula is C26H28N4O6S. The number of fused-ring (bicyclic) bond motifs is 1. The van der Waals surface area contributed by atoms with Gasteiger partial charge in [0.1, 0.15) is 5.01 Å². The highest BCUT2D eigenvalue weighted by Gasteiger charge is 2.23. The maximum absolute atomic E-state index is 13.0. The fourth-order valence-electron chi connectivity index (χ4n) is 3.86. The zero-order valence-corrected chi connectivity index (χ0v) is 21.5. The van der Waals surface area contributed by atoms with Crippen molar-refractivity contribution in [3.8, 4) is 22.1 Å². The lowest BCUT2D eigenvalue weighted by atomic mass is 10.1. The summed E-state index contributed by atoms with van der Waals surface area (Å²) in [4.78, 5) is 39.1. The molecule has 10 nitrogen and oxygen atoms in total. The van der Waals surface area contributed by atoms with Gasteiger partial charge in [-0.3, -0.25) is 14.4 Å². The summed E-state index contributed by atoms with van der Waals surface area (Å²) in [5, 5.41) is 12.0. The van der Waals surface area contributed by atoms with Gasteiger partial charge in [-0.05, 0) is 37.6 Å². The Hall–Kier alpha value is -3.99. The molecule has 1 atom stereocenters. The minimum absolute atomic E-state index is 0.00686. The molecule has 3 aromatic rings. The van der Waals surface area contributed by atoms with Crippen LogP contribution in [0.15, 0.2) is 48.5 Å². The normalized spacial score (nSPS) is 12.6. The Morgan fingerprint density at radius 3 is 2.62 bits per heavy atom. The molecule has 0 saturated carbocycles. The van der Waals surface area contributed by atoms with Gasteiger partial charge in [0.2, 0.25) is 23.7 Å². The molecule has 2 aromatic carbocycles. The van der Waals surface area contributed by atoms with Crippen molar-refractivity contribution in [1.29, 1.82) is 0 Å². The second-order valence-electron chi connectivity index (χ2n) is 8.26. The molecule has 0 bridgehead atoms. The third-order valence-corrected chi connectivity index (χ3v) is 6.68. The summed E-state index contributed by atoms with van der Waals surface area (Å²) in [5.41, 5.74) is 1.74. The maximum Gasteiger partial charge on any atom is 0.306 e. The molecule has 194 valence electrons. The van der Waals surface area contributed by atoms with Crippen molar-refractivity contribution in [1.82, 2.24) is 15.1 Å². The number of carbonyl (C=O) groups excluding carboxylic acids is 3. The number of anilines is 1. The van der Waals surface area contributed by atoms with Gasteiger partial charge in [0, 0.05) is 24.9 Å². The van der Waals surface area contributed by atoms with Crippen LogP contribution in [0.4, 0.5) is 5.13 Å². The number of benzene rings is 2. The third-order valence-electron chi connectivity index (χ3n) is 5.79. The molecule has 0 fully saturated rings. The number of rotatable bonds is 11. The zero-order valence-electron chi connectivity index (χ0n) is 20.6. The average Bonchev–Trinajstić information content (AvgIpc) is 3.57. The van der Waals surface area contributed by atoms with Crippen LogP contribution in [0.25, 0.3) is 10.6 Å². The van der Waals surface area contributed by atoms with E-state index in [-0.39, 0.29) is 57.1 Å². The van der Waals surface area contributed by atoms with E-state index in [0.717, 1.165) is 11.1 Å². The number of aromatic nitrogens is 2. The van der Waals surface area contributed by atoms with Gasteiger partial charge >= 0.3 is 5.97 Å². The molecule has 2 heterocycles.